The summed E-state index contributed by atoms with van der Waals surface area (Å²) in [5.74, 6) is -2.05. The molecule has 0 saturated carbocycles. The lowest BCUT2D eigenvalue weighted by molar-refractivity contribution is 0.0980. The van der Waals surface area contributed by atoms with Crippen molar-refractivity contribution in [3.8, 4) is 0 Å². The number of nitrogens with two attached hydrogens (primary N) is 1. The number of halogens is 2. The van der Waals surface area contributed by atoms with E-state index in [1.807, 2.05) is 0 Å². The maximum Gasteiger partial charge on any atom is 0.296 e. The number of hydrogen-bond donors (Lipinski definition) is 6. The number of aromatic nitrogens is 3. The lowest BCUT2D eigenvalue weighted by Crippen LogP contribution is -2.25. The van der Waals surface area contributed by atoms with Gasteiger partial charge in [0.15, 0.2) is 11.6 Å². The van der Waals surface area contributed by atoms with Crippen LogP contribution in [0.15, 0.2) is 91.6 Å². The van der Waals surface area contributed by atoms with Crippen LogP contribution in [0.1, 0.15) is 31.8 Å². The number of ketones is 2. The molecular formula is C29H18Cl2N8O11S3. The zero-order chi connectivity index (χ0) is 38.6. The second-order valence-corrected chi connectivity index (χ2v) is 15.6. The summed E-state index contributed by atoms with van der Waals surface area (Å²) < 4.78 is 101. The number of anilines is 5. The molecule has 24 heteroatoms. The highest BCUT2D eigenvalue weighted by Gasteiger charge is 2.37. The van der Waals surface area contributed by atoms with E-state index in [0.717, 1.165) is 30.3 Å². The fraction of sp³-hybridized carbons (Fsp3) is 0. The standard InChI is InChI=1S/C29H18Cl2N8O11S3/c30-27-35-28(31)37-29(36-27)34-14-5-8-18(20(9-14)52(45,46)47)39-38-13-3-1-12(2-4-13)33-19-11-21(53(48,49)50)24(32)23-22(19)26(41)17-10-15(51(42,43)44)6-7-16(17)25(23)40/h1-11,33H,32H2,(H,42,43,44)(H,45,46,47)(H,48,49,50)(H,34,35,36,37). The lowest BCUT2D eigenvalue weighted by Gasteiger charge is -2.24. The van der Waals surface area contributed by atoms with Crippen LogP contribution in [0, 0.1) is 0 Å². The number of rotatable bonds is 9. The van der Waals surface area contributed by atoms with Crippen molar-refractivity contribution in [3.05, 3.63) is 99.6 Å². The van der Waals surface area contributed by atoms with Crippen LogP contribution in [0.4, 0.5) is 40.1 Å². The van der Waals surface area contributed by atoms with Crippen LogP contribution in [0.25, 0.3) is 0 Å². The Morgan fingerprint density at radius 2 is 1.23 bits per heavy atom. The van der Waals surface area contributed by atoms with Crippen molar-refractivity contribution in [3.63, 3.8) is 0 Å². The van der Waals surface area contributed by atoms with E-state index in [2.05, 4.69) is 35.8 Å². The van der Waals surface area contributed by atoms with Gasteiger partial charge in [0, 0.05) is 22.5 Å². The summed E-state index contributed by atoms with van der Waals surface area (Å²) in [6, 6.07) is 12.5. The molecular weight excluding hydrogens is 803 g/mol. The zero-order valence-corrected chi connectivity index (χ0v) is 29.7. The number of carbonyl (C=O) groups excluding carboxylic acids is 2. The predicted molar refractivity (Wildman–Crippen MR) is 187 cm³/mol. The Labute approximate surface area is 308 Å². The van der Waals surface area contributed by atoms with Gasteiger partial charge in [-0.05, 0) is 89.9 Å². The Kier molecular flexibility index (Phi) is 9.50. The summed E-state index contributed by atoms with van der Waals surface area (Å²) in [5.41, 5.74) is 3.21. The minimum absolute atomic E-state index is 0.0925. The van der Waals surface area contributed by atoms with E-state index in [4.69, 9.17) is 28.9 Å². The first-order valence-electron chi connectivity index (χ1n) is 14.1. The van der Waals surface area contributed by atoms with Gasteiger partial charge < -0.3 is 16.4 Å². The molecule has 1 aliphatic rings. The van der Waals surface area contributed by atoms with E-state index in [-0.39, 0.29) is 50.5 Å². The molecule has 7 N–H and O–H groups in total. The van der Waals surface area contributed by atoms with Crippen LogP contribution in [-0.4, -0.2) is 65.4 Å². The molecule has 1 heterocycles. The number of fused-ring (bicyclic) bond motifs is 2. The Balaban J connectivity index is 1.33. The molecule has 1 aromatic heterocycles. The third-order valence-corrected chi connectivity index (χ3v) is 10.3. The number of nitrogens with one attached hydrogen (secondary N) is 2. The number of nitrogen functional groups attached to an aromatic ring is 1. The molecule has 19 nitrogen and oxygen atoms in total. The second kappa shape index (κ2) is 13.5. The molecule has 0 bridgehead atoms. The third kappa shape index (κ3) is 7.69. The molecule has 1 aliphatic carbocycles. The van der Waals surface area contributed by atoms with Crippen LogP contribution in [0.5, 0.6) is 0 Å². The van der Waals surface area contributed by atoms with E-state index in [1.165, 1.54) is 36.4 Å². The number of azo groups is 1. The molecule has 4 aromatic carbocycles. The minimum Gasteiger partial charge on any atom is -0.397 e. The number of hydrogen-bond acceptors (Lipinski definition) is 16. The summed E-state index contributed by atoms with van der Waals surface area (Å²) in [5, 5.41) is 12.8. The summed E-state index contributed by atoms with van der Waals surface area (Å²) in [7, 11) is -14.7. The first-order chi connectivity index (χ1) is 24.7. The Morgan fingerprint density at radius 3 is 1.83 bits per heavy atom. The van der Waals surface area contributed by atoms with Crippen molar-refractivity contribution in [2.45, 2.75) is 14.7 Å². The molecule has 5 aromatic rings. The fourth-order valence-corrected chi connectivity index (χ4v) is 7.23. The first kappa shape index (κ1) is 37.3. The predicted octanol–water partition coefficient (Wildman–Crippen LogP) is 5.18. The van der Waals surface area contributed by atoms with Crippen molar-refractivity contribution < 1.29 is 48.5 Å². The Bertz CT molecular complexity index is 2770. The van der Waals surface area contributed by atoms with Gasteiger partial charge >= 0.3 is 0 Å². The zero-order valence-electron chi connectivity index (χ0n) is 25.8. The minimum atomic E-state index is -5.06. The highest BCUT2D eigenvalue weighted by atomic mass is 35.5. The second-order valence-electron chi connectivity index (χ2n) is 10.8. The number of nitrogens with zero attached hydrogens (tertiary/aromatic N) is 5. The van der Waals surface area contributed by atoms with Gasteiger partial charge in [-0.15, -0.1) is 5.11 Å². The highest BCUT2D eigenvalue weighted by molar-refractivity contribution is 7.86. The van der Waals surface area contributed by atoms with E-state index >= 15 is 0 Å². The molecule has 0 atom stereocenters. The molecule has 0 radical (unpaired) electrons. The van der Waals surface area contributed by atoms with Crippen molar-refractivity contribution in [1.29, 1.82) is 0 Å². The monoisotopic (exact) mass is 820 g/mol. The average molecular weight is 822 g/mol. The van der Waals surface area contributed by atoms with Crippen LogP contribution >= 0.6 is 23.2 Å². The third-order valence-electron chi connectivity index (χ3n) is 7.33. The van der Waals surface area contributed by atoms with Crippen LogP contribution in [0.2, 0.25) is 10.6 Å². The largest absolute Gasteiger partial charge is 0.397 e. The van der Waals surface area contributed by atoms with Gasteiger partial charge in [0.2, 0.25) is 16.5 Å². The van der Waals surface area contributed by atoms with E-state index in [1.54, 1.807) is 0 Å². The summed E-state index contributed by atoms with van der Waals surface area (Å²) in [6.45, 7) is 0. The first-order valence-corrected chi connectivity index (χ1v) is 19.2. The highest BCUT2D eigenvalue weighted by Crippen LogP contribution is 2.41. The molecule has 53 heavy (non-hydrogen) atoms. The molecule has 272 valence electrons. The SMILES string of the molecule is Nc1c(S(=O)(=O)O)cc(Nc2ccc(N=Nc3ccc(Nc4nc(Cl)nc(Cl)n4)cc3S(=O)(=O)O)cc2)c2c1C(=O)c1ccc(S(=O)(=O)O)cc1C2=O. The molecule has 0 amide bonds. The summed E-state index contributed by atoms with van der Waals surface area (Å²) >= 11 is 11.5. The molecule has 6 rings (SSSR count). The Morgan fingerprint density at radius 1 is 0.623 bits per heavy atom. The van der Waals surface area contributed by atoms with E-state index in [0.29, 0.717) is 0 Å². The van der Waals surface area contributed by atoms with E-state index in [9.17, 15) is 48.5 Å². The molecule has 0 unspecified atom stereocenters. The van der Waals surface area contributed by atoms with Crippen LogP contribution in [0.3, 0.4) is 0 Å². The van der Waals surface area contributed by atoms with Crippen molar-refractivity contribution in [2.24, 2.45) is 10.2 Å². The average Bonchev–Trinajstić information content (AvgIpc) is 3.05. The fourth-order valence-electron chi connectivity index (χ4n) is 5.07. The van der Waals surface area contributed by atoms with Crippen molar-refractivity contribution >= 4 is 105 Å². The van der Waals surface area contributed by atoms with Gasteiger partial charge in [0.1, 0.15) is 15.5 Å². The van der Waals surface area contributed by atoms with Gasteiger partial charge in [0.25, 0.3) is 30.4 Å². The topological polar surface area (TPSA) is 311 Å². The quantitative estimate of drug-likeness (QED) is 0.0622. The van der Waals surface area contributed by atoms with Crippen molar-refractivity contribution in [1.82, 2.24) is 15.0 Å². The number of carbonyl (C=O) groups is 2. The maximum atomic E-state index is 13.7. The van der Waals surface area contributed by atoms with Gasteiger partial charge in [-0.2, -0.15) is 45.3 Å². The number of benzene rings is 4. The van der Waals surface area contributed by atoms with Gasteiger partial charge in [-0.25, -0.2) is 0 Å². The molecule has 0 spiro atoms. The normalized spacial score (nSPS) is 13.2. The van der Waals surface area contributed by atoms with Crippen LogP contribution < -0.4 is 16.4 Å². The summed E-state index contributed by atoms with van der Waals surface area (Å²) in [6.07, 6.45) is 0. The molecule has 0 fully saturated rings. The smallest absolute Gasteiger partial charge is 0.296 e. The maximum absolute atomic E-state index is 13.7. The van der Waals surface area contributed by atoms with Gasteiger partial charge in [-0.1, -0.05) is 0 Å². The van der Waals surface area contributed by atoms with Gasteiger partial charge in [0.05, 0.1) is 33.1 Å². The summed E-state index contributed by atoms with van der Waals surface area (Å²) in [4.78, 5) is 36.2. The van der Waals surface area contributed by atoms with Crippen LogP contribution in [-0.2, 0) is 30.4 Å². The Hall–Kier alpha value is -5.46. The van der Waals surface area contributed by atoms with E-state index < -0.39 is 79.0 Å². The van der Waals surface area contributed by atoms with Gasteiger partial charge in [-0.3, -0.25) is 23.2 Å². The lowest BCUT2D eigenvalue weighted by atomic mass is 9.82. The molecule has 0 saturated heterocycles. The molecule has 0 aliphatic heterocycles. The van der Waals surface area contributed by atoms with Crippen molar-refractivity contribution in [2.75, 3.05) is 16.4 Å².